The van der Waals surface area contributed by atoms with Gasteiger partial charge in [0.15, 0.2) is 0 Å². The van der Waals surface area contributed by atoms with E-state index in [9.17, 15) is 4.39 Å². The van der Waals surface area contributed by atoms with Crippen LogP contribution in [0.2, 0.25) is 0 Å². The number of benzene rings is 1. The Bertz CT molecular complexity index is 463. The van der Waals surface area contributed by atoms with Crippen molar-refractivity contribution in [3.8, 4) is 0 Å². The van der Waals surface area contributed by atoms with Crippen LogP contribution in [0.25, 0.3) is 0 Å². The first-order valence-electron chi connectivity index (χ1n) is 5.71. The summed E-state index contributed by atoms with van der Waals surface area (Å²) in [4.78, 5) is 3.59. The highest BCUT2D eigenvalue weighted by atomic mass is 19.1. The van der Waals surface area contributed by atoms with Crippen molar-refractivity contribution in [1.82, 2.24) is 4.98 Å². The molecule has 0 atom stereocenters. The fourth-order valence-corrected chi connectivity index (χ4v) is 1.58. The maximum atomic E-state index is 12.6. The Morgan fingerprint density at radius 2 is 1.76 bits per heavy atom. The van der Waals surface area contributed by atoms with Crippen molar-refractivity contribution in [1.29, 1.82) is 0 Å². The summed E-state index contributed by atoms with van der Waals surface area (Å²) in [5, 5.41) is 3.20. The average molecular weight is 230 g/mol. The van der Waals surface area contributed by atoms with E-state index in [-0.39, 0.29) is 0 Å². The van der Waals surface area contributed by atoms with Crippen LogP contribution < -0.4 is 5.32 Å². The van der Waals surface area contributed by atoms with E-state index in [0.717, 1.165) is 18.7 Å². The Kier molecular flexibility index (Phi) is 3.70. The van der Waals surface area contributed by atoms with Crippen LogP contribution in [0.1, 0.15) is 18.1 Å². The number of aromatic nitrogens is 1. The van der Waals surface area contributed by atoms with Gasteiger partial charge in [-0.25, -0.2) is 4.98 Å². The lowest BCUT2D eigenvalue weighted by Gasteiger charge is -2.06. The highest BCUT2D eigenvalue weighted by molar-refractivity contribution is 5.40. The Morgan fingerprint density at radius 1 is 1.06 bits per heavy atom. The fraction of sp³-hybridized carbons (Fsp3) is 0.214. The number of nitrogens with zero attached hydrogens (tertiary/aromatic N) is 1. The van der Waals surface area contributed by atoms with Gasteiger partial charge in [-0.2, -0.15) is 4.39 Å². The summed E-state index contributed by atoms with van der Waals surface area (Å²) in [7, 11) is 0. The summed E-state index contributed by atoms with van der Waals surface area (Å²) in [5.74, 6) is -0.456. The molecule has 0 aliphatic heterocycles. The predicted molar refractivity (Wildman–Crippen MR) is 67.3 cm³/mol. The lowest BCUT2D eigenvalue weighted by Crippen LogP contribution is -2.00. The molecular weight excluding hydrogens is 215 g/mol. The van der Waals surface area contributed by atoms with Crippen LogP contribution in [0.4, 0.5) is 10.1 Å². The number of nitrogens with one attached hydrogen (secondary N) is 1. The molecule has 0 saturated carbocycles. The second-order valence-corrected chi connectivity index (χ2v) is 3.89. The lowest BCUT2D eigenvalue weighted by molar-refractivity contribution is 0.584. The number of hydrogen-bond donors (Lipinski definition) is 1. The van der Waals surface area contributed by atoms with Gasteiger partial charge in [-0.15, -0.1) is 0 Å². The van der Waals surface area contributed by atoms with Crippen LogP contribution in [0.3, 0.4) is 0 Å². The van der Waals surface area contributed by atoms with Gasteiger partial charge in [0, 0.05) is 6.54 Å². The maximum absolute atomic E-state index is 12.6. The van der Waals surface area contributed by atoms with E-state index in [1.807, 2.05) is 0 Å². The maximum Gasteiger partial charge on any atom is 0.212 e. The minimum Gasteiger partial charge on any atom is -0.380 e. The molecule has 0 spiro atoms. The smallest absolute Gasteiger partial charge is 0.212 e. The molecule has 0 radical (unpaired) electrons. The molecule has 0 aliphatic carbocycles. The van der Waals surface area contributed by atoms with Gasteiger partial charge in [0.05, 0.1) is 11.9 Å². The number of aryl methyl sites for hydroxylation is 1. The number of pyridine rings is 1. The Hall–Kier alpha value is -1.90. The van der Waals surface area contributed by atoms with Crippen LogP contribution in [0, 0.1) is 5.95 Å². The largest absolute Gasteiger partial charge is 0.380 e. The quantitative estimate of drug-likeness (QED) is 0.814. The topological polar surface area (TPSA) is 24.9 Å². The van der Waals surface area contributed by atoms with E-state index >= 15 is 0 Å². The Balaban J connectivity index is 1.95. The first kappa shape index (κ1) is 11.6. The van der Waals surface area contributed by atoms with Gasteiger partial charge >= 0.3 is 0 Å². The van der Waals surface area contributed by atoms with Gasteiger partial charge in [0.1, 0.15) is 0 Å². The van der Waals surface area contributed by atoms with E-state index in [0.29, 0.717) is 0 Å². The first-order chi connectivity index (χ1) is 8.28. The minimum absolute atomic E-state index is 0.456. The molecule has 1 heterocycles. The van der Waals surface area contributed by atoms with Crippen LogP contribution in [0.15, 0.2) is 42.6 Å². The molecule has 0 amide bonds. The van der Waals surface area contributed by atoms with Crippen molar-refractivity contribution in [3.63, 3.8) is 0 Å². The van der Waals surface area contributed by atoms with Crippen molar-refractivity contribution >= 4 is 5.69 Å². The normalized spacial score (nSPS) is 10.2. The van der Waals surface area contributed by atoms with E-state index in [1.54, 1.807) is 6.07 Å². The summed E-state index contributed by atoms with van der Waals surface area (Å²) in [6.45, 7) is 2.86. The van der Waals surface area contributed by atoms with E-state index in [1.165, 1.54) is 23.4 Å². The van der Waals surface area contributed by atoms with Crippen molar-refractivity contribution < 1.29 is 4.39 Å². The second kappa shape index (κ2) is 5.43. The first-order valence-corrected chi connectivity index (χ1v) is 5.71. The van der Waals surface area contributed by atoms with Gasteiger partial charge < -0.3 is 5.32 Å². The zero-order chi connectivity index (χ0) is 12.1. The molecule has 17 heavy (non-hydrogen) atoms. The fourth-order valence-electron chi connectivity index (χ4n) is 1.58. The molecule has 0 aliphatic rings. The highest BCUT2D eigenvalue weighted by Crippen LogP contribution is 2.09. The molecule has 1 aromatic carbocycles. The molecule has 88 valence electrons. The third-order valence-electron chi connectivity index (χ3n) is 2.66. The molecule has 0 bridgehead atoms. The van der Waals surface area contributed by atoms with E-state index < -0.39 is 5.95 Å². The van der Waals surface area contributed by atoms with Crippen molar-refractivity contribution in [2.24, 2.45) is 0 Å². The molecule has 0 fully saturated rings. The molecule has 2 rings (SSSR count). The molecule has 3 heteroatoms. The van der Waals surface area contributed by atoms with Crippen LogP contribution in [0.5, 0.6) is 0 Å². The molecular formula is C14H15FN2. The average Bonchev–Trinajstić information content (AvgIpc) is 2.39. The van der Waals surface area contributed by atoms with E-state index in [2.05, 4.69) is 41.5 Å². The number of halogens is 1. The zero-order valence-electron chi connectivity index (χ0n) is 9.78. The monoisotopic (exact) mass is 230 g/mol. The summed E-state index contributed by atoms with van der Waals surface area (Å²) < 4.78 is 12.6. The van der Waals surface area contributed by atoms with Crippen molar-refractivity contribution in [2.45, 2.75) is 19.9 Å². The standard InChI is InChI=1S/C14H15FN2/c1-2-11-3-5-12(6-4-11)9-16-13-7-8-14(15)17-10-13/h3-8,10,16H,2,9H2,1H3. The van der Waals surface area contributed by atoms with Crippen molar-refractivity contribution in [3.05, 3.63) is 59.7 Å². The molecule has 0 saturated heterocycles. The van der Waals surface area contributed by atoms with Crippen LogP contribution >= 0.6 is 0 Å². The third-order valence-corrected chi connectivity index (χ3v) is 2.66. The Morgan fingerprint density at radius 3 is 2.35 bits per heavy atom. The van der Waals surface area contributed by atoms with E-state index in [4.69, 9.17) is 0 Å². The minimum atomic E-state index is -0.456. The van der Waals surface area contributed by atoms with Gasteiger partial charge in [-0.3, -0.25) is 0 Å². The van der Waals surface area contributed by atoms with Crippen LogP contribution in [-0.2, 0) is 13.0 Å². The van der Waals surface area contributed by atoms with Gasteiger partial charge in [-0.1, -0.05) is 31.2 Å². The second-order valence-electron chi connectivity index (χ2n) is 3.89. The molecule has 1 N–H and O–H groups in total. The summed E-state index contributed by atoms with van der Waals surface area (Å²) in [5.41, 5.74) is 3.36. The predicted octanol–water partition coefficient (Wildman–Crippen LogP) is 3.40. The summed E-state index contributed by atoms with van der Waals surface area (Å²) >= 11 is 0. The van der Waals surface area contributed by atoms with Gasteiger partial charge in [-0.05, 0) is 29.7 Å². The SMILES string of the molecule is CCc1ccc(CNc2ccc(F)nc2)cc1. The zero-order valence-corrected chi connectivity index (χ0v) is 9.78. The van der Waals surface area contributed by atoms with Crippen molar-refractivity contribution in [2.75, 3.05) is 5.32 Å². The van der Waals surface area contributed by atoms with Crippen LogP contribution in [-0.4, -0.2) is 4.98 Å². The molecule has 1 aromatic heterocycles. The van der Waals surface area contributed by atoms with Gasteiger partial charge in [0.25, 0.3) is 0 Å². The molecule has 2 nitrogen and oxygen atoms in total. The number of anilines is 1. The third kappa shape index (κ3) is 3.28. The summed E-state index contributed by atoms with van der Waals surface area (Å²) in [6, 6.07) is 11.5. The number of hydrogen-bond acceptors (Lipinski definition) is 2. The molecule has 2 aromatic rings. The summed E-state index contributed by atoms with van der Waals surface area (Å²) in [6.07, 6.45) is 2.55. The van der Waals surface area contributed by atoms with Gasteiger partial charge in [0.2, 0.25) is 5.95 Å². The highest BCUT2D eigenvalue weighted by Gasteiger charge is 1.96. The Labute approximate surface area is 101 Å². The lowest BCUT2D eigenvalue weighted by atomic mass is 10.1. The number of rotatable bonds is 4. The molecule has 0 unspecified atom stereocenters.